The Hall–Kier alpha value is -1.10. The molecule has 2 fully saturated rings. The van der Waals surface area contributed by atoms with Gasteiger partial charge in [0.05, 0.1) is 0 Å². The van der Waals surface area contributed by atoms with E-state index in [4.69, 9.17) is 0 Å². The van der Waals surface area contributed by atoms with E-state index >= 15 is 0 Å². The highest BCUT2D eigenvalue weighted by atomic mass is 16.2. The highest BCUT2D eigenvalue weighted by Crippen LogP contribution is 2.47. The van der Waals surface area contributed by atoms with Crippen molar-refractivity contribution in [3.8, 4) is 0 Å². The van der Waals surface area contributed by atoms with Gasteiger partial charge in [-0.15, -0.1) is 0 Å². The van der Waals surface area contributed by atoms with Crippen molar-refractivity contribution in [1.29, 1.82) is 0 Å². The van der Waals surface area contributed by atoms with E-state index < -0.39 is 5.41 Å². The molecular weight excluding hydrogens is 254 g/mol. The fourth-order valence-electron chi connectivity index (χ4n) is 2.74. The lowest BCUT2D eigenvalue weighted by Gasteiger charge is -2.32. The summed E-state index contributed by atoms with van der Waals surface area (Å²) in [6.45, 7) is 5.26. The third-order valence-corrected chi connectivity index (χ3v) is 4.51. The van der Waals surface area contributed by atoms with Crippen LogP contribution in [0, 0.1) is 11.3 Å². The van der Waals surface area contributed by atoms with Crippen molar-refractivity contribution >= 4 is 11.8 Å². The van der Waals surface area contributed by atoms with Crippen LogP contribution in [0.15, 0.2) is 0 Å². The SMILES string of the molecule is CC1CCN(C(=O)C2(C(=O)NCCN(C)C)CC2)CC1. The quantitative estimate of drug-likeness (QED) is 0.755. The van der Waals surface area contributed by atoms with Crippen LogP contribution in [-0.2, 0) is 9.59 Å². The molecule has 5 heteroatoms. The average molecular weight is 281 g/mol. The number of carbonyl (C=O) groups excluding carboxylic acids is 2. The first kappa shape index (κ1) is 15.3. The van der Waals surface area contributed by atoms with E-state index in [2.05, 4.69) is 12.2 Å². The molecule has 1 aliphatic carbocycles. The molecule has 0 aromatic rings. The van der Waals surface area contributed by atoms with E-state index in [-0.39, 0.29) is 11.8 Å². The summed E-state index contributed by atoms with van der Waals surface area (Å²) < 4.78 is 0. The number of hydrogen-bond acceptors (Lipinski definition) is 3. The monoisotopic (exact) mass is 281 g/mol. The van der Waals surface area contributed by atoms with E-state index in [1.807, 2.05) is 23.9 Å². The van der Waals surface area contributed by atoms with Crippen molar-refractivity contribution in [2.75, 3.05) is 40.3 Å². The second-order valence-corrected chi connectivity index (χ2v) is 6.62. The highest BCUT2D eigenvalue weighted by molar-refractivity contribution is 6.07. The molecule has 1 saturated heterocycles. The summed E-state index contributed by atoms with van der Waals surface area (Å²) in [7, 11) is 3.94. The van der Waals surface area contributed by atoms with Gasteiger partial charge in [0.15, 0.2) is 0 Å². The smallest absolute Gasteiger partial charge is 0.238 e. The van der Waals surface area contributed by atoms with Crippen LogP contribution in [0.25, 0.3) is 0 Å². The van der Waals surface area contributed by atoms with Crippen LogP contribution >= 0.6 is 0 Å². The van der Waals surface area contributed by atoms with E-state index in [1.165, 1.54) is 0 Å². The first-order valence-electron chi connectivity index (χ1n) is 7.68. The van der Waals surface area contributed by atoms with Crippen molar-refractivity contribution in [3.05, 3.63) is 0 Å². The topological polar surface area (TPSA) is 52.7 Å². The Morgan fingerprint density at radius 1 is 1.25 bits per heavy atom. The van der Waals surface area contributed by atoms with Gasteiger partial charge in [-0.3, -0.25) is 9.59 Å². The summed E-state index contributed by atoms with van der Waals surface area (Å²) in [5, 5.41) is 2.92. The number of carbonyl (C=O) groups is 2. The maximum absolute atomic E-state index is 12.6. The van der Waals surface area contributed by atoms with Crippen LogP contribution in [0.4, 0.5) is 0 Å². The van der Waals surface area contributed by atoms with E-state index in [0.717, 1.165) is 32.5 Å². The molecule has 5 nitrogen and oxygen atoms in total. The lowest BCUT2D eigenvalue weighted by atomic mass is 9.96. The summed E-state index contributed by atoms with van der Waals surface area (Å²) in [4.78, 5) is 28.8. The predicted molar refractivity (Wildman–Crippen MR) is 78.2 cm³/mol. The molecular formula is C15H27N3O2. The Bertz CT molecular complexity index is 369. The lowest BCUT2D eigenvalue weighted by molar-refractivity contribution is -0.145. The van der Waals surface area contributed by atoms with Crippen molar-refractivity contribution < 1.29 is 9.59 Å². The molecule has 114 valence electrons. The number of rotatable bonds is 5. The Morgan fingerprint density at radius 2 is 1.85 bits per heavy atom. The molecule has 0 bridgehead atoms. The van der Waals surface area contributed by atoms with Crippen LogP contribution in [0.2, 0.25) is 0 Å². The van der Waals surface area contributed by atoms with Crippen molar-refractivity contribution in [1.82, 2.24) is 15.1 Å². The largest absolute Gasteiger partial charge is 0.354 e. The molecule has 0 atom stereocenters. The van der Waals surface area contributed by atoms with Gasteiger partial charge in [-0.05, 0) is 45.7 Å². The molecule has 0 aromatic heterocycles. The minimum absolute atomic E-state index is 0.0618. The molecule has 2 aliphatic rings. The van der Waals surface area contributed by atoms with Crippen molar-refractivity contribution in [2.45, 2.75) is 32.6 Å². The van der Waals surface area contributed by atoms with Gasteiger partial charge in [-0.25, -0.2) is 0 Å². The molecule has 1 saturated carbocycles. The van der Waals surface area contributed by atoms with Gasteiger partial charge in [-0.2, -0.15) is 0 Å². The van der Waals surface area contributed by atoms with E-state index in [0.29, 0.717) is 25.3 Å². The number of nitrogens with zero attached hydrogens (tertiary/aromatic N) is 2. The number of hydrogen-bond donors (Lipinski definition) is 1. The number of nitrogens with one attached hydrogen (secondary N) is 1. The number of likely N-dealkylation sites (N-methyl/N-ethyl adjacent to an activating group) is 1. The maximum Gasteiger partial charge on any atom is 0.238 e. The summed E-state index contributed by atoms with van der Waals surface area (Å²) in [5.41, 5.74) is -0.729. The lowest BCUT2D eigenvalue weighted by Crippen LogP contribution is -2.48. The first-order chi connectivity index (χ1) is 9.45. The summed E-state index contributed by atoms with van der Waals surface area (Å²) in [6.07, 6.45) is 3.55. The van der Waals surface area contributed by atoms with Crippen LogP contribution in [0.3, 0.4) is 0 Å². The third kappa shape index (κ3) is 3.32. The van der Waals surface area contributed by atoms with Crippen LogP contribution in [-0.4, -0.2) is 61.9 Å². The molecule has 0 spiro atoms. The molecule has 1 N–H and O–H groups in total. The zero-order valence-corrected chi connectivity index (χ0v) is 12.9. The van der Waals surface area contributed by atoms with Crippen LogP contribution < -0.4 is 5.32 Å². The Morgan fingerprint density at radius 3 is 2.35 bits per heavy atom. The Kier molecular flexibility index (Phi) is 4.68. The summed E-state index contributed by atoms with van der Waals surface area (Å²) in [5.74, 6) is 0.692. The normalized spacial score (nSPS) is 21.9. The molecule has 0 unspecified atom stereocenters. The predicted octanol–water partition coefficient (Wildman–Crippen LogP) is 0.703. The van der Waals surface area contributed by atoms with Gasteiger partial charge in [-0.1, -0.05) is 6.92 Å². The maximum atomic E-state index is 12.6. The molecule has 1 aliphatic heterocycles. The van der Waals surface area contributed by atoms with E-state index in [1.54, 1.807) is 0 Å². The van der Waals surface area contributed by atoms with Crippen LogP contribution in [0.5, 0.6) is 0 Å². The van der Waals surface area contributed by atoms with Crippen molar-refractivity contribution in [3.63, 3.8) is 0 Å². The molecule has 2 amide bonds. The minimum Gasteiger partial charge on any atom is -0.354 e. The molecule has 20 heavy (non-hydrogen) atoms. The zero-order chi connectivity index (χ0) is 14.8. The summed E-state index contributed by atoms with van der Waals surface area (Å²) >= 11 is 0. The van der Waals surface area contributed by atoms with E-state index in [9.17, 15) is 9.59 Å². The third-order valence-electron chi connectivity index (χ3n) is 4.51. The minimum atomic E-state index is -0.729. The average Bonchev–Trinajstić information content (AvgIpc) is 3.20. The fraction of sp³-hybridized carbons (Fsp3) is 0.867. The van der Waals surface area contributed by atoms with Gasteiger partial charge >= 0.3 is 0 Å². The first-order valence-corrected chi connectivity index (χ1v) is 7.68. The fourth-order valence-corrected chi connectivity index (χ4v) is 2.74. The number of likely N-dealkylation sites (tertiary alicyclic amines) is 1. The molecule has 0 aromatic carbocycles. The molecule has 0 radical (unpaired) electrons. The Balaban J connectivity index is 1.86. The number of amides is 2. The number of piperidine rings is 1. The molecule has 2 rings (SSSR count). The van der Waals surface area contributed by atoms with Gasteiger partial charge in [0.25, 0.3) is 0 Å². The van der Waals surface area contributed by atoms with Gasteiger partial charge in [0, 0.05) is 26.2 Å². The van der Waals surface area contributed by atoms with Gasteiger partial charge < -0.3 is 15.1 Å². The standard InChI is InChI=1S/C15H27N3O2/c1-12-4-9-18(10-5-12)14(20)15(6-7-15)13(19)16-8-11-17(2)3/h12H,4-11H2,1-3H3,(H,16,19). The Labute approximate surface area is 121 Å². The van der Waals surface area contributed by atoms with Gasteiger partial charge in [0.2, 0.25) is 11.8 Å². The highest BCUT2D eigenvalue weighted by Gasteiger charge is 2.57. The molecule has 1 heterocycles. The van der Waals surface area contributed by atoms with Crippen LogP contribution in [0.1, 0.15) is 32.6 Å². The van der Waals surface area contributed by atoms with Gasteiger partial charge in [0.1, 0.15) is 5.41 Å². The van der Waals surface area contributed by atoms with Crippen molar-refractivity contribution in [2.24, 2.45) is 11.3 Å². The zero-order valence-electron chi connectivity index (χ0n) is 12.9. The summed E-state index contributed by atoms with van der Waals surface area (Å²) in [6, 6.07) is 0. The second kappa shape index (κ2) is 6.12. The second-order valence-electron chi connectivity index (χ2n) is 6.62.